The number of ether oxygens (including phenoxy) is 2. The summed E-state index contributed by atoms with van der Waals surface area (Å²) in [5.74, 6) is 0.671. The summed E-state index contributed by atoms with van der Waals surface area (Å²) in [6.45, 7) is 5.35. The summed E-state index contributed by atoms with van der Waals surface area (Å²) in [5.41, 5.74) is 0.215. The van der Waals surface area contributed by atoms with Gasteiger partial charge in [0, 0.05) is 6.42 Å². The van der Waals surface area contributed by atoms with Crippen molar-refractivity contribution in [1.29, 1.82) is 0 Å². The second kappa shape index (κ2) is 6.93. The zero-order valence-corrected chi connectivity index (χ0v) is 12.3. The molecule has 0 saturated carbocycles. The van der Waals surface area contributed by atoms with Crippen molar-refractivity contribution in [2.24, 2.45) is 0 Å². The number of benzene rings is 1. The Kier molecular flexibility index (Phi) is 5.55. The molecule has 0 bridgehead atoms. The van der Waals surface area contributed by atoms with Gasteiger partial charge in [0.25, 0.3) is 0 Å². The van der Waals surface area contributed by atoms with Crippen LogP contribution in [-0.4, -0.2) is 25.1 Å². The Morgan fingerprint density at radius 2 is 2.10 bits per heavy atom. The van der Waals surface area contributed by atoms with E-state index in [1.165, 1.54) is 0 Å². The maximum absolute atomic E-state index is 11.8. The Balaban J connectivity index is 2.82. The molecule has 5 heteroatoms. The predicted octanol–water partition coefficient (Wildman–Crippen LogP) is 2.85. The van der Waals surface area contributed by atoms with Gasteiger partial charge in [-0.15, -0.1) is 0 Å². The molecule has 0 fully saturated rings. The topological polar surface area (TPSA) is 64.6 Å². The monoisotopic (exact) mass is 279 g/mol. The predicted molar refractivity (Wildman–Crippen MR) is 75.8 cm³/mol. The molecule has 1 rings (SSSR count). The van der Waals surface area contributed by atoms with E-state index in [1.807, 2.05) is 12.1 Å². The molecule has 0 spiro atoms. The van der Waals surface area contributed by atoms with Crippen LogP contribution in [0.5, 0.6) is 5.75 Å². The first-order valence-electron chi connectivity index (χ1n) is 6.43. The fraction of sp³-hybridized carbons (Fsp3) is 0.467. The molecular weight excluding hydrogens is 258 g/mol. The third kappa shape index (κ3) is 5.30. The van der Waals surface area contributed by atoms with Crippen molar-refractivity contribution in [2.45, 2.75) is 38.8 Å². The molecule has 0 radical (unpaired) electrons. The van der Waals surface area contributed by atoms with Crippen molar-refractivity contribution in [3.8, 4) is 5.75 Å². The molecule has 0 aliphatic rings. The average Bonchev–Trinajstić information content (AvgIpc) is 2.36. The molecule has 20 heavy (non-hydrogen) atoms. The minimum Gasteiger partial charge on any atom is -0.497 e. The molecule has 0 aromatic heterocycles. The molecular formula is C15H21NO4. The van der Waals surface area contributed by atoms with Crippen LogP contribution in [0.1, 0.15) is 38.8 Å². The van der Waals surface area contributed by atoms with Crippen LogP contribution < -0.4 is 10.1 Å². The van der Waals surface area contributed by atoms with E-state index in [0.29, 0.717) is 5.75 Å². The third-order valence-corrected chi connectivity index (χ3v) is 2.52. The van der Waals surface area contributed by atoms with E-state index in [2.05, 4.69) is 5.32 Å². The second-order valence-electron chi connectivity index (χ2n) is 5.38. The zero-order chi connectivity index (χ0) is 15.2. The van der Waals surface area contributed by atoms with Gasteiger partial charge in [-0.3, -0.25) is 0 Å². The van der Waals surface area contributed by atoms with Crippen LogP contribution in [-0.2, 0) is 9.53 Å². The molecule has 0 heterocycles. The third-order valence-electron chi connectivity index (χ3n) is 2.52. The molecule has 1 aromatic carbocycles. The summed E-state index contributed by atoms with van der Waals surface area (Å²) in [6, 6.07) is 6.79. The largest absolute Gasteiger partial charge is 0.497 e. The number of hydrogen-bond acceptors (Lipinski definition) is 4. The quantitative estimate of drug-likeness (QED) is 0.842. The van der Waals surface area contributed by atoms with Gasteiger partial charge in [0.15, 0.2) is 0 Å². The van der Waals surface area contributed by atoms with Crippen molar-refractivity contribution in [1.82, 2.24) is 5.32 Å². The summed E-state index contributed by atoms with van der Waals surface area (Å²) in [4.78, 5) is 22.6. The fourth-order valence-electron chi connectivity index (χ4n) is 1.68. The van der Waals surface area contributed by atoms with Gasteiger partial charge in [-0.25, -0.2) is 4.79 Å². The number of carbonyl (C=O) groups excluding carboxylic acids is 2. The zero-order valence-electron chi connectivity index (χ0n) is 12.3. The Labute approximate surface area is 119 Å². The van der Waals surface area contributed by atoms with Gasteiger partial charge in [0.2, 0.25) is 0 Å². The van der Waals surface area contributed by atoms with Crippen molar-refractivity contribution in [3.05, 3.63) is 29.8 Å². The van der Waals surface area contributed by atoms with Crippen molar-refractivity contribution in [2.75, 3.05) is 7.11 Å². The maximum atomic E-state index is 11.8. The minimum atomic E-state index is -0.579. The lowest BCUT2D eigenvalue weighted by molar-refractivity contribution is -0.108. The first kappa shape index (κ1) is 16.0. The molecule has 1 aromatic rings. The highest BCUT2D eigenvalue weighted by molar-refractivity contribution is 5.69. The van der Waals surface area contributed by atoms with E-state index in [1.54, 1.807) is 40.0 Å². The summed E-state index contributed by atoms with van der Waals surface area (Å²) >= 11 is 0. The Bertz CT molecular complexity index is 465. The molecule has 0 saturated heterocycles. The molecule has 1 amide bonds. The van der Waals surface area contributed by atoms with Crippen LogP contribution in [0.15, 0.2) is 24.3 Å². The number of aldehydes is 1. The Morgan fingerprint density at radius 3 is 2.65 bits per heavy atom. The van der Waals surface area contributed by atoms with Gasteiger partial charge in [-0.05, 0) is 38.5 Å². The first-order valence-corrected chi connectivity index (χ1v) is 6.43. The normalized spacial score (nSPS) is 12.4. The number of amides is 1. The molecule has 1 atom stereocenters. The van der Waals surface area contributed by atoms with Crippen LogP contribution in [0.25, 0.3) is 0 Å². The second-order valence-corrected chi connectivity index (χ2v) is 5.38. The first-order chi connectivity index (χ1) is 9.35. The smallest absolute Gasteiger partial charge is 0.408 e. The van der Waals surface area contributed by atoms with Gasteiger partial charge in [-0.2, -0.15) is 0 Å². The van der Waals surface area contributed by atoms with Crippen molar-refractivity contribution < 1.29 is 19.1 Å². The summed E-state index contributed by atoms with van der Waals surface area (Å²) in [7, 11) is 1.56. The Morgan fingerprint density at radius 1 is 1.40 bits per heavy atom. The highest BCUT2D eigenvalue weighted by Crippen LogP contribution is 2.21. The van der Waals surface area contributed by atoms with Crippen LogP contribution >= 0.6 is 0 Å². The van der Waals surface area contributed by atoms with Gasteiger partial charge >= 0.3 is 6.09 Å². The number of carbonyl (C=O) groups is 2. The molecule has 0 aliphatic carbocycles. The lowest BCUT2D eigenvalue weighted by Gasteiger charge is -2.23. The summed E-state index contributed by atoms with van der Waals surface area (Å²) in [5, 5.41) is 2.69. The molecule has 0 aliphatic heterocycles. The van der Waals surface area contributed by atoms with Crippen LogP contribution in [0.3, 0.4) is 0 Å². The lowest BCUT2D eigenvalue weighted by Crippen LogP contribution is -2.35. The number of methoxy groups -OCH3 is 1. The van der Waals surface area contributed by atoms with E-state index in [4.69, 9.17) is 9.47 Å². The van der Waals surface area contributed by atoms with E-state index in [9.17, 15) is 9.59 Å². The van der Waals surface area contributed by atoms with Crippen LogP contribution in [0.2, 0.25) is 0 Å². The highest BCUT2D eigenvalue weighted by Gasteiger charge is 2.20. The number of hydrogen-bond donors (Lipinski definition) is 1. The van der Waals surface area contributed by atoms with Gasteiger partial charge in [-0.1, -0.05) is 12.1 Å². The lowest BCUT2D eigenvalue weighted by atomic mass is 10.0. The van der Waals surface area contributed by atoms with Gasteiger partial charge in [0.05, 0.1) is 13.2 Å². The average molecular weight is 279 g/mol. The van der Waals surface area contributed by atoms with Gasteiger partial charge < -0.3 is 19.6 Å². The maximum Gasteiger partial charge on any atom is 0.408 e. The van der Waals surface area contributed by atoms with E-state index >= 15 is 0 Å². The standard InChI is InChI=1S/C15H21NO4/c1-15(2,3)20-14(18)16-13(8-9-17)11-6-5-7-12(10-11)19-4/h5-7,9-10,13H,8H2,1-4H3,(H,16,18)/t13-/m1/s1. The SMILES string of the molecule is COc1cccc([C@@H](CC=O)NC(=O)OC(C)(C)C)c1. The number of alkyl carbamates (subject to hydrolysis) is 1. The van der Waals surface area contributed by atoms with Crippen molar-refractivity contribution >= 4 is 12.4 Å². The van der Waals surface area contributed by atoms with Crippen LogP contribution in [0.4, 0.5) is 4.79 Å². The number of rotatable bonds is 5. The summed E-state index contributed by atoms with van der Waals surface area (Å²) < 4.78 is 10.3. The van der Waals surface area contributed by atoms with E-state index in [0.717, 1.165) is 11.8 Å². The molecule has 5 nitrogen and oxygen atoms in total. The molecule has 1 N–H and O–H groups in total. The molecule has 0 unspecified atom stereocenters. The Hall–Kier alpha value is -2.04. The van der Waals surface area contributed by atoms with E-state index in [-0.39, 0.29) is 6.42 Å². The molecule has 110 valence electrons. The highest BCUT2D eigenvalue weighted by atomic mass is 16.6. The van der Waals surface area contributed by atoms with Gasteiger partial charge in [0.1, 0.15) is 17.6 Å². The summed E-state index contributed by atoms with van der Waals surface area (Å²) in [6.07, 6.45) is 0.389. The van der Waals surface area contributed by atoms with E-state index < -0.39 is 17.7 Å². The van der Waals surface area contributed by atoms with Crippen molar-refractivity contribution in [3.63, 3.8) is 0 Å². The number of nitrogens with one attached hydrogen (secondary N) is 1. The van der Waals surface area contributed by atoms with Crippen LogP contribution in [0, 0.1) is 0 Å². The fourth-order valence-corrected chi connectivity index (χ4v) is 1.68. The minimum absolute atomic E-state index is 0.173.